The minimum Gasteiger partial charge on any atom is -0.402 e. The molecule has 1 saturated carbocycles. The van der Waals surface area contributed by atoms with Crippen molar-refractivity contribution in [2.24, 2.45) is 11.7 Å². The maximum atomic E-state index is 12.2. The molecule has 9 heteroatoms. The average molecular weight is 638 g/mol. The quantitative estimate of drug-likeness (QED) is 0.207. The number of hydrogen-bond donors (Lipinski definition) is 2. The number of aryl methyl sites for hydroxylation is 1. The highest BCUT2D eigenvalue weighted by Gasteiger charge is 2.32. The molecular weight excluding hydrogens is 584 g/mol. The number of fused-ring (bicyclic) bond motifs is 1. The van der Waals surface area contributed by atoms with Crippen molar-refractivity contribution in [2.45, 2.75) is 105 Å². The molecule has 0 aliphatic heterocycles. The van der Waals surface area contributed by atoms with E-state index < -0.39 is 11.6 Å². The normalized spacial score (nSPS) is 18.0. The van der Waals surface area contributed by atoms with Crippen LogP contribution in [0.25, 0.3) is 16.6 Å². The van der Waals surface area contributed by atoms with Crippen molar-refractivity contribution in [3.8, 4) is 0 Å². The van der Waals surface area contributed by atoms with Crippen LogP contribution in [-0.4, -0.2) is 58.3 Å². The fourth-order valence-electron chi connectivity index (χ4n) is 6.39. The number of hydrogen-bond acceptors (Lipinski definition) is 6. The molecule has 1 aromatic heterocycles. The number of carbonyl (C=O) groups is 1. The van der Waals surface area contributed by atoms with Crippen LogP contribution in [0, 0.1) is 29.9 Å². The summed E-state index contributed by atoms with van der Waals surface area (Å²) >= 11 is 0. The van der Waals surface area contributed by atoms with E-state index >= 15 is 0 Å². The number of ketones is 1. The first-order chi connectivity index (χ1) is 21.6. The maximum Gasteiger partial charge on any atom is 0.159 e. The Labute approximate surface area is 273 Å². The Morgan fingerprint density at radius 3 is 2.17 bits per heavy atom. The van der Waals surface area contributed by atoms with Crippen LogP contribution in [0.4, 0.5) is 8.78 Å². The summed E-state index contributed by atoms with van der Waals surface area (Å²) in [6.45, 7) is 17.1. The number of allylic oxidation sites excluding steroid dienone is 2. The lowest BCUT2D eigenvalue weighted by Crippen LogP contribution is -2.40. The average Bonchev–Trinajstić information content (AvgIpc) is 3.35. The van der Waals surface area contributed by atoms with E-state index in [0.29, 0.717) is 36.0 Å². The molecule has 1 fully saturated rings. The van der Waals surface area contributed by atoms with Crippen LogP contribution in [0.2, 0.25) is 0 Å². The molecule has 1 aliphatic rings. The van der Waals surface area contributed by atoms with E-state index in [4.69, 9.17) is 20.9 Å². The third-order valence-electron chi connectivity index (χ3n) is 8.92. The molecule has 3 aromatic rings. The number of nitrogens with zero attached hydrogens (tertiary/aromatic N) is 3. The second kappa shape index (κ2) is 16.4. The third kappa shape index (κ3) is 9.32. The standard InChI is InChI=1S/C30H47N5O2.C7H6F2/c1-18(2)26(17-34(19(3)4)16-20(5)36)30-33-27-15-23(29(21(6)31)22(7)32)9-14-28(27)35(30)24-10-12-25(37-8)13-11-24;1-5-2-3-6(8)7(9)4-5/h9,14-15,18-19,24-26,31H,10-13,16-17,32H2,1-8H3;2-4H,1H3/b29-22+,31-21?;. The third-order valence-corrected chi connectivity index (χ3v) is 8.92. The van der Waals surface area contributed by atoms with Crippen LogP contribution in [0.1, 0.15) is 103 Å². The van der Waals surface area contributed by atoms with Gasteiger partial charge in [-0.1, -0.05) is 26.0 Å². The molecule has 7 nitrogen and oxygen atoms in total. The van der Waals surface area contributed by atoms with Gasteiger partial charge in [0.15, 0.2) is 11.6 Å². The molecule has 0 amide bonds. The smallest absolute Gasteiger partial charge is 0.159 e. The molecule has 1 unspecified atom stereocenters. The Morgan fingerprint density at radius 2 is 1.70 bits per heavy atom. The zero-order chi connectivity index (χ0) is 34.3. The molecule has 1 heterocycles. The van der Waals surface area contributed by atoms with Crippen LogP contribution in [0.15, 0.2) is 42.1 Å². The zero-order valence-corrected chi connectivity index (χ0v) is 29.1. The molecule has 0 saturated heterocycles. The molecule has 0 bridgehead atoms. The van der Waals surface area contributed by atoms with Gasteiger partial charge in [-0.2, -0.15) is 0 Å². The molecule has 0 radical (unpaired) electrons. The lowest BCUT2D eigenvalue weighted by molar-refractivity contribution is -0.118. The predicted molar refractivity (Wildman–Crippen MR) is 184 cm³/mol. The molecule has 252 valence electrons. The number of nitrogens with two attached hydrogens (primary N) is 1. The molecule has 46 heavy (non-hydrogen) atoms. The Hall–Kier alpha value is -3.43. The van der Waals surface area contributed by atoms with Crippen molar-refractivity contribution >= 4 is 28.1 Å². The van der Waals surface area contributed by atoms with Crippen molar-refractivity contribution in [1.29, 1.82) is 5.41 Å². The van der Waals surface area contributed by atoms with Crippen molar-refractivity contribution in [3.05, 3.63) is 70.7 Å². The number of halogens is 2. The minimum atomic E-state index is -0.791. The van der Waals surface area contributed by atoms with Gasteiger partial charge in [-0.25, -0.2) is 13.8 Å². The van der Waals surface area contributed by atoms with Gasteiger partial charge in [-0.05, 0) is 109 Å². The summed E-state index contributed by atoms with van der Waals surface area (Å²) in [5.41, 5.74) is 11.8. The lowest BCUT2D eigenvalue weighted by Gasteiger charge is -2.34. The number of Topliss-reactive ketones (excluding diaryl/α,β-unsaturated/α-hetero) is 1. The van der Waals surface area contributed by atoms with Crippen LogP contribution in [0.5, 0.6) is 0 Å². The van der Waals surface area contributed by atoms with E-state index in [9.17, 15) is 13.6 Å². The number of aromatic nitrogens is 2. The van der Waals surface area contributed by atoms with E-state index in [1.807, 2.05) is 14.0 Å². The Morgan fingerprint density at radius 1 is 1.04 bits per heavy atom. The summed E-state index contributed by atoms with van der Waals surface area (Å²) in [7, 11) is 1.81. The first-order valence-electron chi connectivity index (χ1n) is 16.4. The zero-order valence-electron chi connectivity index (χ0n) is 29.1. The van der Waals surface area contributed by atoms with Crippen LogP contribution >= 0.6 is 0 Å². The second-order valence-electron chi connectivity index (χ2n) is 13.4. The van der Waals surface area contributed by atoms with E-state index in [1.54, 1.807) is 20.8 Å². The van der Waals surface area contributed by atoms with Crippen molar-refractivity contribution in [2.75, 3.05) is 20.2 Å². The highest BCUT2D eigenvalue weighted by Crippen LogP contribution is 2.38. The van der Waals surface area contributed by atoms with Gasteiger partial charge in [-0.15, -0.1) is 0 Å². The summed E-state index contributed by atoms with van der Waals surface area (Å²) in [6, 6.07) is 10.8. The molecule has 3 N–H and O–H groups in total. The molecule has 1 atom stereocenters. The van der Waals surface area contributed by atoms with Crippen LogP contribution < -0.4 is 5.73 Å². The number of benzene rings is 2. The van der Waals surface area contributed by atoms with Gasteiger partial charge in [0, 0.05) is 48.6 Å². The van der Waals surface area contributed by atoms with Gasteiger partial charge in [0.2, 0.25) is 0 Å². The molecule has 2 aromatic carbocycles. The second-order valence-corrected chi connectivity index (χ2v) is 13.4. The van der Waals surface area contributed by atoms with Gasteiger partial charge in [0.1, 0.15) is 11.6 Å². The Bertz CT molecular complexity index is 1530. The summed E-state index contributed by atoms with van der Waals surface area (Å²) in [5.74, 6) is 0.234. The van der Waals surface area contributed by atoms with Gasteiger partial charge >= 0.3 is 0 Å². The predicted octanol–water partition coefficient (Wildman–Crippen LogP) is 8.21. The van der Waals surface area contributed by atoms with E-state index in [0.717, 1.165) is 77.9 Å². The van der Waals surface area contributed by atoms with Gasteiger partial charge in [-0.3, -0.25) is 9.69 Å². The van der Waals surface area contributed by atoms with Crippen molar-refractivity contribution in [3.63, 3.8) is 0 Å². The van der Waals surface area contributed by atoms with Gasteiger partial charge in [0.25, 0.3) is 0 Å². The minimum absolute atomic E-state index is 0.175. The molecular formula is C37H53F2N5O2. The number of nitrogens with one attached hydrogen (secondary N) is 1. The van der Waals surface area contributed by atoms with E-state index in [-0.39, 0.29) is 17.7 Å². The highest BCUT2D eigenvalue weighted by molar-refractivity contribution is 6.22. The van der Waals surface area contributed by atoms with Crippen molar-refractivity contribution < 1.29 is 18.3 Å². The monoisotopic (exact) mass is 637 g/mol. The number of carbonyl (C=O) groups excluding carboxylic acids is 1. The first-order valence-corrected chi connectivity index (χ1v) is 16.4. The molecule has 1 aliphatic carbocycles. The SMILES string of the molecule is COC1CCC(n2c(C(CN(CC(C)=O)C(C)C)C(C)C)nc3cc(/C(C(C)=N)=C(\C)N)ccc32)CC1.Cc1ccc(F)c(F)c1. The summed E-state index contributed by atoms with van der Waals surface area (Å²) in [4.78, 5) is 19.6. The summed E-state index contributed by atoms with van der Waals surface area (Å²) in [6.07, 6.45) is 4.51. The number of ether oxygens (including phenoxy) is 1. The topological polar surface area (TPSA) is 97.2 Å². The van der Waals surface area contributed by atoms with Gasteiger partial charge < -0.3 is 20.4 Å². The van der Waals surface area contributed by atoms with E-state index in [2.05, 4.69) is 55.4 Å². The molecule has 0 spiro atoms. The number of methoxy groups -OCH3 is 1. The first kappa shape index (κ1) is 37.0. The van der Waals surface area contributed by atoms with E-state index in [1.165, 1.54) is 6.07 Å². The fourth-order valence-corrected chi connectivity index (χ4v) is 6.39. The van der Waals surface area contributed by atoms with Crippen LogP contribution in [0.3, 0.4) is 0 Å². The maximum absolute atomic E-state index is 12.2. The summed E-state index contributed by atoms with van der Waals surface area (Å²) < 4.78 is 32.5. The lowest BCUT2D eigenvalue weighted by atomic mass is 9.90. The largest absolute Gasteiger partial charge is 0.402 e. The Balaban J connectivity index is 0.000000549. The van der Waals surface area contributed by atoms with Crippen LogP contribution in [-0.2, 0) is 9.53 Å². The fraction of sp³-hybridized carbons (Fsp3) is 0.541. The van der Waals surface area contributed by atoms with Crippen molar-refractivity contribution in [1.82, 2.24) is 14.5 Å². The molecule has 4 rings (SSSR count). The Kier molecular flexibility index (Phi) is 13.2. The summed E-state index contributed by atoms with van der Waals surface area (Å²) in [5, 5.41) is 8.26. The number of imidazole rings is 1. The number of rotatable bonds is 11. The highest BCUT2D eigenvalue weighted by atomic mass is 19.2. The van der Waals surface area contributed by atoms with Gasteiger partial charge in [0.05, 0.1) is 23.7 Å².